The molecule has 12 atom stereocenters. The van der Waals surface area contributed by atoms with E-state index in [0.717, 1.165) is 100 Å². The Labute approximate surface area is 435 Å². The van der Waals surface area contributed by atoms with Crippen LogP contribution in [0.4, 0.5) is 0 Å². The van der Waals surface area contributed by atoms with E-state index >= 15 is 0 Å². The smallest absolute Gasteiger partial charge is 0.870 e. The number of para-hydroxylation sites is 4. The fourth-order valence-corrected chi connectivity index (χ4v) is 15.0. The topological polar surface area (TPSA) is 223 Å². The van der Waals surface area contributed by atoms with Crippen molar-refractivity contribution in [3.05, 3.63) is 121 Å². The van der Waals surface area contributed by atoms with Crippen molar-refractivity contribution in [1.82, 2.24) is 42.5 Å². The normalized spacial score (nSPS) is 40.3. The third-order valence-electron chi connectivity index (χ3n) is 18.1. The van der Waals surface area contributed by atoms with Crippen LogP contribution in [0.3, 0.4) is 0 Å². The minimum Gasteiger partial charge on any atom is -0.870 e. The van der Waals surface area contributed by atoms with Gasteiger partial charge in [0.2, 0.25) is 0 Å². The van der Waals surface area contributed by atoms with Crippen LogP contribution in [0.1, 0.15) is 77.0 Å². The summed E-state index contributed by atoms with van der Waals surface area (Å²) in [7, 11) is 0. The maximum absolute atomic E-state index is 6.76. The zero-order valence-electron chi connectivity index (χ0n) is 41.1. The molecule has 72 heavy (non-hydrogen) atoms. The third-order valence-corrected chi connectivity index (χ3v) is 18.1. The van der Waals surface area contributed by atoms with E-state index < -0.39 is 0 Å². The van der Waals surface area contributed by atoms with Crippen molar-refractivity contribution >= 4 is 17.4 Å². The number of hydrogen-bond acceptors (Lipinski definition) is 15. The van der Waals surface area contributed by atoms with Crippen LogP contribution in [-0.2, 0) is 0 Å². The Hall–Kier alpha value is -3.83. The van der Waals surface area contributed by atoms with E-state index in [1.54, 1.807) is 0 Å². The molecular formula is C56H75AlN8O7. The molecule has 4 saturated carbocycles. The van der Waals surface area contributed by atoms with Gasteiger partial charge in [0.05, 0.1) is 73.7 Å². The fraction of sp³-hybridized carbons (Fsp3) is 0.571. The second-order valence-corrected chi connectivity index (χ2v) is 21.9. The minimum absolute atomic E-state index is 0. The molecule has 8 bridgehead atoms. The van der Waals surface area contributed by atoms with Crippen molar-refractivity contribution < 1.29 is 35.4 Å². The zero-order valence-corrected chi connectivity index (χ0v) is 42.3. The summed E-state index contributed by atoms with van der Waals surface area (Å²) in [6.45, 7) is 0. The predicted octanol–water partition coefficient (Wildman–Crippen LogP) is 5.92. The van der Waals surface area contributed by atoms with Gasteiger partial charge in [0.25, 0.3) is 0 Å². The summed E-state index contributed by atoms with van der Waals surface area (Å²) in [5.74, 6) is 7.41. The average molecular weight is 999 g/mol. The van der Waals surface area contributed by atoms with Crippen LogP contribution in [0.5, 0.6) is 23.0 Å². The molecule has 4 aliphatic carbocycles. The number of benzene rings is 4. The second kappa shape index (κ2) is 23.4. The van der Waals surface area contributed by atoms with Crippen LogP contribution in [0, 0.1) is 47.3 Å². The first-order valence-electron chi connectivity index (χ1n) is 26.6. The number of fused-ring (bicyclic) bond motifs is 20. The van der Waals surface area contributed by atoms with Crippen LogP contribution in [-0.4, -0.2) is 108 Å². The molecule has 13 rings (SSSR count). The molecule has 16 heteroatoms. The summed E-state index contributed by atoms with van der Waals surface area (Å²) in [5, 5.41) is 34.4. The Balaban J connectivity index is 0.00000160. The van der Waals surface area contributed by atoms with Crippen LogP contribution in [0.2, 0.25) is 0 Å². The van der Waals surface area contributed by atoms with Gasteiger partial charge in [0, 0.05) is 0 Å². The molecule has 4 aromatic carbocycles. The first kappa shape index (κ1) is 53.0. The van der Waals surface area contributed by atoms with Crippen molar-refractivity contribution in [3.8, 4) is 23.0 Å². The molecule has 0 radical (unpaired) electrons. The van der Waals surface area contributed by atoms with Crippen LogP contribution in [0.25, 0.3) is 0 Å². The molecule has 0 aromatic heterocycles. The molecule has 5 saturated heterocycles. The van der Waals surface area contributed by atoms with Crippen molar-refractivity contribution in [3.63, 3.8) is 0 Å². The first-order valence-corrected chi connectivity index (χ1v) is 26.6. The van der Waals surface area contributed by atoms with Gasteiger partial charge in [-0.25, -0.2) is 0 Å². The van der Waals surface area contributed by atoms with Crippen LogP contribution < -0.4 is 61.5 Å². The molecule has 5 heterocycles. The van der Waals surface area contributed by atoms with Gasteiger partial charge in [0.15, 0.2) is 0 Å². The summed E-state index contributed by atoms with van der Waals surface area (Å²) in [6, 6.07) is 41.9. The molecule has 12 unspecified atom stereocenters. The number of nitrogens with one attached hydrogen (secondary N) is 8. The molecular weight excluding hydrogens is 924 g/mol. The van der Waals surface area contributed by atoms with E-state index in [4.69, 9.17) is 18.9 Å². The second-order valence-electron chi connectivity index (χ2n) is 21.9. The largest absolute Gasteiger partial charge is 3.00 e. The van der Waals surface area contributed by atoms with E-state index in [1.165, 1.54) is 0 Å². The van der Waals surface area contributed by atoms with Crippen molar-refractivity contribution in [2.75, 3.05) is 0 Å². The van der Waals surface area contributed by atoms with Gasteiger partial charge in [-0.3, -0.25) is 42.5 Å². The Morgan fingerprint density at radius 3 is 0.625 bits per heavy atom. The molecule has 0 amide bonds. The monoisotopic (exact) mass is 999 g/mol. The van der Waals surface area contributed by atoms with Gasteiger partial charge >= 0.3 is 17.4 Å². The summed E-state index contributed by atoms with van der Waals surface area (Å²) in [6.07, 6.45) is 14.6. The third kappa shape index (κ3) is 11.0. The van der Waals surface area contributed by atoms with Gasteiger partial charge in [-0.15, -0.1) is 0 Å². The van der Waals surface area contributed by atoms with Gasteiger partial charge in [0.1, 0.15) is 23.0 Å². The van der Waals surface area contributed by atoms with Crippen molar-refractivity contribution in [2.45, 2.75) is 151 Å². The van der Waals surface area contributed by atoms with Gasteiger partial charge in [-0.2, -0.15) is 0 Å². The van der Waals surface area contributed by atoms with Gasteiger partial charge in [-0.1, -0.05) is 72.8 Å². The maximum Gasteiger partial charge on any atom is 3.00 e. The number of ether oxygens (including phenoxy) is 4. The summed E-state index contributed by atoms with van der Waals surface area (Å²) in [5.41, 5.74) is 0. The minimum atomic E-state index is 0. The number of hydrogen-bond donors (Lipinski definition) is 8. The summed E-state index contributed by atoms with van der Waals surface area (Å²) in [4.78, 5) is 0. The molecule has 384 valence electrons. The van der Waals surface area contributed by atoms with Gasteiger partial charge < -0.3 is 35.4 Å². The van der Waals surface area contributed by atoms with E-state index in [1.807, 2.05) is 0 Å². The Kier molecular flexibility index (Phi) is 17.2. The standard InChI is InChI=1S/C56H72N8O4.Al.3H2O/c1-5-13-33(14-6-1)65-37-21-25-41-45(29-37)53-57-49(41)62-54-47-31-39(67-35-17-9-3-10-18-35)23-27-43(47)51(59-54)64-56-48-32-40(68-36-19-11-4-12-20-36)24-28-44(48)52(60-56)63-55-46-30-38(66-34-15-7-2-8-16-34)22-26-42(46)50(58-55)61-53;;;;/h1-20,37-64H,21-32H2;;3*1H2/q;+3;;;/p-3. The summed E-state index contributed by atoms with van der Waals surface area (Å²) < 4.78 is 27.0. The predicted molar refractivity (Wildman–Crippen MR) is 274 cm³/mol. The quantitative estimate of drug-likeness (QED) is 0.0960. The van der Waals surface area contributed by atoms with Crippen molar-refractivity contribution in [2.24, 2.45) is 47.3 Å². The van der Waals surface area contributed by atoms with Gasteiger partial charge in [-0.05, 0) is 173 Å². The van der Waals surface area contributed by atoms with E-state index in [9.17, 15) is 0 Å². The molecule has 4 aromatic rings. The zero-order chi connectivity index (χ0) is 45.0. The molecule has 5 aliphatic heterocycles. The van der Waals surface area contributed by atoms with E-state index in [2.05, 4.69) is 164 Å². The van der Waals surface area contributed by atoms with E-state index in [0.29, 0.717) is 47.3 Å². The molecule has 9 fully saturated rings. The first-order chi connectivity index (χ1) is 33.6. The fourth-order valence-electron chi connectivity index (χ4n) is 15.0. The Morgan fingerprint density at radius 2 is 0.431 bits per heavy atom. The average Bonchev–Trinajstić information content (AvgIpc) is 4.10. The molecule has 11 N–H and O–H groups in total. The Morgan fingerprint density at radius 1 is 0.250 bits per heavy atom. The Bertz CT molecular complexity index is 1970. The molecule has 0 spiro atoms. The van der Waals surface area contributed by atoms with Crippen LogP contribution >= 0.6 is 0 Å². The maximum atomic E-state index is 6.76. The number of rotatable bonds is 8. The van der Waals surface area contributed by atoms with E-state index in [-0.39, 0.29) is 108 Å². The SMILES string of the molecule is [Al+3].[OH-].[OH-].[OH-].c1ccc(OC2CCC3C4NC(NC5NC(NC6NC(NC7NC(N4)C4CC(Oc8ccccc8)CCC74)C4CC(Oc7ccccc7)CCC64)C4CC(Oc6ccccc6)CCC54)C3C2)cc1. The summed E-state index contributed by atoms with van der Waals surface area (Å²) >= 11 is 0. The van der Waals surface area contributed by atoms with Crippen LogP contribution in [0.15, 0.2) is 121 Å². The molecule has 9 aliphatic rings. The molecule has 15 nitrogen and oxygen atoms in total. The van der Waals surface area contributed by atoms with Crippen molar-refractivity contribution in [1.29, 1.82) is 0 Å².